The molecule has 14 heavy (non-hydrogen) atoms. The van der Waals surface area contributed by atoms with Crippen LogP contribution in [0.15, 0.2) is 0 Å². The lowest BCUT2D eigenvalue weighted by molar-refractivity contribution is -0.0142. The van der Waals surface area contributed by atoms with Crippen molar-refractivity contribution in [3.63, 3.8) is 0 Å². The second-order valence-corrected chi connectivity index (χ2v) is 3.74. The van der Waals surface area contributed by atoms with Crippen LogP contribution >= 0.6 is 0 Å². The van der Waals surface area contributed by atoms with Crippen LogP contribution in [0, 0.1) is 0 Å². The van der Waals surface area contributed by atoms with E-state index in [2.05, 4.69) is 5.32 Å². The van der Waals surface area contributed by atoms with Crippen molar-refractivity contribution in [2.24, 2.45) is 0 Å². The Bertz CT molecular complexity index is 200. The van der Waals surface area contributed by atoms with Gasteiger partial charge in [-0.25, -0.2) is 4.79 Å². The number of methoxy groups -OCH3 is 1. The maximum Gasteiger partial charge on any atom is 0.316 e. The van der Waals surface area contributed by atoms with Crippen LogP contribution in [-0.2, 0) is 9.47 Å². The van der Waals surface area contributed by atoms with Crippen LogP contribution in [0.2, 0.25) is 0 Å². The summed E-state index contributed by atoms with van der Waals surface area (Å²) in [5.74, 6) is 0. The molecule has 1 N–H and O–H groups in total. The molecule has 0 radical (unpaired) electrons. The molecule has 1 unspecified atom stereocenters. The summed E-state index contributed by atoms with van der Waals surface area (Å²) in [4.78, 5) is 12.8. The number of ether oxygens (including phenoxy) is 2. The van der Waals surface area contributed by atoms with E-state index in [1.807, 2.05) is 0 Å². The largest absolute Gasteiger partial charge is 0.378 e. The van der Waals surface area contributed by atoms with Gasteiger partial charge in [0.25, 0.3) is 0 Å². The van der Waals surface area contributed by atoms with E-state index in [0.717, 1.165) is 6.42 Å². The highest BCUT2D eigenvalue weighted by molar-refractivity contribution is 5.73. The van der Waals surface area contributed by atoms with Crippen LogP contribution in [0.4, 0.5) is 4.79 Å². The molecule has 5 heteroatoms. The number of carbonyl (C=O) groups excluding carboxylic acids is 1. The summed E-state index contributed by atoms with van der Waals surface area (Å²) >= 11 is 0. The molecule has 0 aromatic heterocycles. The normalized spacial score (nSPS) is 26.2. The Morgan fingerprint density at radius 2 is 2.36 bits per heavy atom. The third-order valence-electron chi connectivity index (χ3n) is 2.47. The highest BCUT2D eigenvalue weighted by Gasteiger charge is 2.35. The summed E-state index contributed by atoms with van der Waals surface area (Å²) in [5.41, 5.74) is -0.328. The molecule has 0 aromatic rings. The highest BCUT2D eigenvalue weighted by Crippen LogP contribution is 2.21. The molecule has 1 heterocycles. The minimum absolute atomic E-state index is 0.103. The zero-order valence-corrected chi connectivity index (χ0v) is 9.00. The fraction of sp³-hybridized carbons (Fsp3) is 0.889. The van der Waals surface area contributed by atoms with E-state index < -0.39 is 0 Å². The molecule has 0 aliphatic carbocycles. The highest BCUT2D eigenvalue weighted by atomic mass is 16.5. The van der Waals surface area contributed by atoms with Gasteiger partial charge in [-0.15, -0.1) is 0 Å². The second kappa shape index (κ2) is 4.61. The molecule has 0 spiro atoms. The number of carbonyl (C=O) groups is 1. The average molecular weight is 202 g/mol. The van der Waals surface area contributed by atoms with Gasteiger partial charge in [-0.1, -0.05) is 0 Å². The third-order valence-corrected chi connectivity index (χ3v) is 2.47. The topological polar surface area (TPSA) is 50.8 Å². The van der Waals surface area contributed by atoms with Crippen molar-refractivity contribution in [1.29, 1.82) is 0 Å². The van der Waals surface area contributed by atoms with E-state index in [0.29, 0.717) is 19.8 Å². The van der Waals surface area contributed by atoms with E-state index in [9.17, 15) is 4.79 Å². The lowest BCUT2D eigenvalue weighted by atomic mass is 10.0. The van der Waals surface area contributed by atoms with Crippen molar-refractivity contribution in [2.45, 2.75) is 12.0 Å². The van der Waals surface area contributed by atoms with Crippen LogP contribution in [0.1, 0.15) is 6.42 Å². The molecule has 1 rings (SSSR count). The Morgan fingerprint density at radius 1 is 1.64 bits per heavy atom. The van der Waals surface area contributed by atoms with Crippen LogP contribution < -0.4 is 5.32 Å². The molecular weight excluding hydrogens is 184 g/mol. The number of urea groups is 1. The van der Waals surface area contributed by atoms with Gasteiger partial charge in [0.15, 0.2) is 0 Å². The monoisotopic (exact) mass is 202 g/mol. The summed E-state index contributed by atoms with van der Waals surface area (Å²) in [6.45, 7) is 1.75. The Balaban J connectivity index is 2.38. The van der Waals surface area contributed by atoms with E-state index in [1.54, 1.807) is 21.2 Å². The number of hydrogen-bond donors (Lipinski definition) is 1. The SMILES string of the molecule is COC1(CNC(=O)N(C)C)CCOC1. The summed E-state index contributed by atoms with van der Waals surface area (Å²) in [7, 11) is 5.07. The molecule has 0 bridgehead atoms. The van der Waals surface area contributed by atoms with E-state index >= 15 is 0 Å². The maximum atomic E-state index is 11.3. The summed E-state index contributed by atoms with van der Waals surface area (Å²) in [6.07, 6.45) is 0.831. The first-order valence-electron chi connectivity index (χ1n) is 4.68. The summed E-state index contributed by atoms with van der Waals surface area (Å²) in [5, 5.41) is 2.80. The predicted molar refractivity (Wildman–Crippen MR) is 52.3 cm³/mol. The van der Waals surface area contributed by atoms with Crippen molar-refractivity contribution in [2.75, 3.05) is 41.0 Å². The average Bonchev–Trinajstić information content (AvgIpc) is 2.63. The van der Waals surface area contributed by atoms with Crippen LogP contribution in [0.25, 0.3) is 0 Å². The van der Waals surface area contributed by atoms with Crippen LogP contribution in [0.5, 0.6) is 0 Å². The molecule has 1 aliphatic heterocycles. The fourth-order valence-corrected chi connectivity index (χ4v) is 1.36. The molecule has 5 nitrogen and oxygen atoms in total. The molecule has 0 aromatic carbocycles. The number of hydrogen-bond acceptors (Lipinski definition) is 3. The fourth-order valence-electron chi connectivity index (χ4n) is 1.36. The second-order valence-electron chi connectivity index (χ2n) is 3.74. The van der Waals surface area contributed by atoms with Crippen molar-refractivity contribution in [1.82, 2.24) is 10.2 Å². The van der Waals surface area contributed by atoms with Crippen molar-refractivity contribution >= 4 is 6.03 Å². The van der Waals surface area contributed by atoms with Gasteiger partial charge in [-0.3, -0.25) is 0 Å². The number of amides is 2. The minimum atomic E-state index is -0.328. The minimum Gasteiger partial charge on any atom is -0.378 e. The van der Waals surface area contributed by atoms with E-state index in [1.165, 1.54) is 4.90 Å². The predicted octanol–water partition coefficient (Wildman–Crippen LogP) is 0.0631. The number of rotatable bonds is 3. The first-order valence-corrected chi connectivity index (χ1v) is 4.68. The van der Waals surface area contributed by atoms with E-state index in [-0.39, 0.29) is 11.6 Å². The van der Waals surface area contributed by atoms with Crippen LogP contribution in [-0.4, -0.2) is 57.5 Å². The van der Waals surface area contributed by atoms with Gasteiger partial charge in [0.1, 0.15) is 5.60 Å². The van der Waals surface area contributed by atoms with Gasteiger partial charge in [-0.2, -0.15) is 0 Å². The Hall–Kier alpha value is -0.810. The molecule has 82 valence electrons. The quantitative estimate of drug-likeness (QED) is 0.704. The van der Waals surface area contributed by atoms with Gasteiger partial charge < -0.3 is 19.7 Å². The number of nitrogens with zero attached hydrogens (tertiary/aromatic N) is 1. The molecule has 1 aliphatic rings. The molecular formula is C9H18N2O3. The van der Waals surface area contributed by atoms with E-state index in [4.69, 9.17) is 9.47 Å². The molecule has 2 amide bonds. The molecule has 1 fully saturated rings. The van der Waals surface area contributed by atoms with Crippen molar-refractivity contribution in [3.8, 4) is 0 Å². The lowest BCUT2D eigenvalue weighted by Crippen LogP contribution is -2.47. The molecule has 1 atom stereocenters. The first-order chi connectivity index (χ1) is 6.59. The molecule has 0 saturated carbocycles. The summed E-state index contributed by atoms with van der Waals surface area (Å²) in [6, 6.07) is -0.103. The Labute approximate surface area is 84.4 Å². The zero-order valence-electron chi connectivity index (χ0n) is 9.00. The standard InChI is InChI=1S/C9H18N2O3/c1-11(2)8(12)10-6-9(13-3)4-5-14-7-9/h4-7H2,1-3H3,(H,10,12). The van der Waals surface area contributed by atoms with Gasteiger partial charge in [0, 0.05) is 34.2 Å². The van der Waals surface area contributed by atoms with Gasteiger partial charge >= 0.3 is 6.03 Å². The molecule has 1 saturated heterocycles. The first kappa shape index (κ1) is 11.3. The Kier molecular flexibility index (Phi) is 3.71. The Morgan fingerprint density at radius 3 is 2.79 bits per heavy atom. The van der Waals surface area contributed by atoms with Gasteiger partial charge in [0.05, 0.1) is 13.2 Å². The van der Waals surface area contributed by atoms with Crippen LogP contribution in [0.3, 0.4) is 0 Å². The smallest absolute Gasteiger partial charge is 0.316 e. The maximum absolute atomic E-state index is 11.3. The van der Waals surface area contributed by atoms with Gasteiger partial charge in [0.2, 0.25) is 0 Å². The van der Waals surface area contributed by atoms with Crippen molar-refractivity contribution in [3.05, 3.63) is 0 Å². The van der Waals surface area contributed by atoms with Gasteiger partial charge in [-0.05, 0) is 0 Å². The van der Waals surface area contributed by atoms with Crippen molar-refractivity contribution < 1.29 is 14.3 Å². The zero-order chi connectivity index (χ0) is 10.6. The lowest BCUT2D eigenvalue weighted by Gasteiger charge is -2.26. The number of nitrogens with one attached hydrogen (secondary N) is 1. The third kappa shape index (κ3) is 2.59. The summed E-state index contributed by atoms with van der Waals surface area (Å²) < 4.78 is 10.6.